The second kappa shape index (κ2) is 7.34. The molecule has 0 saturated carbocycles. The highest BCUT2D eigenvalue weighted by Crippen LogP contribution is 2.15. The van der Waals surface area contributed by atoms with E-state index in [9.17, 15) is 9.59 Å². The van der Waals surface area contributed by atoms with Crippen LogP contribution in [0.4, 0.5) is 5.82 Å². The van der Waals surface area contributed by atoms with Crippen LogP contribution in [-0.4, -0.2) is 25.2 Å². The Morgan fingerprint density at radius 1 is 1.19 bits per heavy atom. The van der Waals surface area contributed by atoms with E-state index in [1.165, 1.54) is 22.2 Å². The van der Waals surface area contributed by atoms with E-state index in [2.05, 4.69) is 15.4 Å². The fourth-order valence-electron chi connectivity index (χ4n) is 2.67. The van der Waals surface area contributed by atoms with Gasteiger partial charge in [-0.25, -0.2) is 9.67 Å². The van der Waals surface area contributed by atoms with Gasteiger partial charge in [0, 0.05) is 11.1 Å². The van der Waals surface area contributed by atoms with Crippen LogP contribution in [0.1, 0.15) is 5.56 Å². The van der Waals surface area contributed by atoms with Crippen LogP contribution in [-0.2, 0) is 17.9 Å². The van der Waals surface area contributed by atoms with E-state index in [4.69, 9.17) is 11.6 Å². The van der Waals surface area contributed by atoms with Crippen LogP contribution in [0.5, 0.6) is 0 Å². The number of anilines is 1. The second-order valence-corrected chi connectivity index (χ2v) is 7.20. The highest BCUT2D eigenvalue weighted by atomic mass is 35.5. The largest absolute Gasteiger partial charge is 0.309 e. The van der Waals surface area contributed by atoms with Crippen LogP contribution >= 0.6 is 22.9 Å². The maximum Gasteiger partial charge on any atom is 0.262 e. The third kappa shape index (κ3) is 3.76. The summed E-state index contributed by atoms with van der Waals surface area (Å²) >= 11 is 7.29. The lowest BCUT2D eigenvalue weighted by molar-refractivity contribution is -0.116. The Kier molecular flexibility index (Phi) is 4.74. The Morgan fingerprint density at radius 3 is 2.81 bits per heavy atom. The Labute approximate surface area is 162 Å². The number of hydrogen-bond acceptors (Lipinski definition) is 5. The lowest BCUT2D eigenvalue weighted by Crippen LogP contribution is -2.28. The van der Waals surface area contributed by atoms with Crippen LogP contribution in [0.15, 0.2) is 59.1 Å². The summed E-state index contributed by atoms with van der Waals surface area (Å²) < 4.78 is 2.97. The first-order chi connectivity index (χ1) is 13.1. The van der Waals surface area contributed by atoms with E-state index in [0.717, 1.165) is 5.56 Å². The van der Waals surface area contributed by atoms with Crippen molar-refractivity contribution in [1.82, 2.24) is 19.3 Å². The Bertz CT molecular complexity index is 1160. The van der Waals surface area contributed by atoms with Crippen molar-refractivity contribution in [2.24, 2.45) is 0 Å². The number of carbonyl (C=O) groups is 1. The van der Waals surface area contributed by atoms with Crippen molar-refractivity contribution < 1.29 is 4.79 Å². The van der Waals surface area contributed by atoms with E-state index in [1.807, 2.05) is 12.1 Å². The quantitative estimate of drug-likeness (QED) is 0.559. The molecule has 1 aromatic carbocycles. The number of hydrogen-bond donors (Lipinski definition) is 1. The number of thiophene rings is 1. The van der Waals surface area contributed by atoms with Gasteiger partial charge in [-0.3, -0.25) is 14.2 Å². The number of rotatable bonds is 5. The minimum atomic E-state index is -0.327. The zero-order valence-corrected chi connectivity index (χ0v) is 15.6. The fourth-order valence-corrected chi connectivity index (χ4v) is 3.52. The minimum Gasteiger partial charge on any atom is -0.309 e. The number of nitrogens with zero attached hydrogens (tertiary/aromatic N) is 4. The smallest absolute Gasteiger partial charge is 0.262 e. The molecule has 0 atom stereocenters. The topological polar surface area (TPSA) is 81.8 Å². The number of amides is 1. The van der Waals surface area contributed by atoms with Gasteiger partial charge in [-0.15, -0.1) is 11.3 Å². The van der Waals surface area contributed by atoms with Gasteiger partial charge >= 0.3 is 0 Å². The Hall–Kier alpha value is -2.97. The molecule has 0 aliphatic carbocycles. The third-order valence-electron chi connectivity index (χ3n) is 3.99. The number of nitrogens with one attached hydrogen (secondary N) is 1. The molecule has 0 aliphatic heterocycles. The summed E-state index contributed by atoms with van der Waals surface area (Å²) in [6, 6.07) is 10.8. The minimum absolute atomic E-state index is 0.121. The van der Waals surface area contributed by atoms with Gasteiger partial charge in [-0.1, -0.05) is 23.7 Å². The van der Waals surface area contributed by atoms with Crippen LogP contribution in [0.25, 0.3) is 10.2 Å². The molecule has 0 bridgehead atoms. The molecular weight excluding hydrogens is 386 g/mol. The van der Waals surface area contributed by atoms with Gasteiger partial charge in [0.1, 0.15) is 17.2 Å². The van der Waals surface area contributed by atoms with E-state index in [0.29, 0.717) is 27.6 Å². The molecule has 3 aromatic heterocycles. The summed E-state index contributed by atoms with van der Waals surface area (Å²) in [5, 5.41) is 10.0. The van der Waals surface area contributed by atoms with Crippen LogP contribution < -0.4 is 10.9 Å². The van der Waals surface area contributed by atoms with E-state index in [1.54, 1.807) is 40.5 Å². The van der Waals surface area contributed by atoms with Crippen molar-refractivity contribution in [2.45, 2.75) is 13.1 Å². The van der Waals surface area contributed by atoms with Crippen molar-refractivity contribution >= 4 is 44.9 Å². The average Bonchev–Trinajstić information content (AvgIpc) is 3.29. The van der Waals surface area contributed by atoms with Gasteiger partial charge in [-0.2, -0.15) is 5.10 Å². The first-order valence-electron chi connectivity index (χ1n) is 8.09. The Morgan fingerprint density at radius 2 is 2.00 bits per heavy atom. The monoisotopic (exact) mass is 399 g/mol. The molecule has 1 N–H and O–H groups in total. The zero-order valence-electron chi connectivity index (χ0n) is 14.0. The molecule has 0 aliphatic rings. The third-order valence-corrected chi connectivity index (χ3v) is 5.07. The normalized spacial score (nSPS) is 11.0. The van der Waals surface area contributed by atoms with Gasteiger partial charge in [0.25, 0.3) is 5.56 Å². The summed E-state index contributed by atoms with van der Waals surface area (Å²) in [5.74, 6) is 0.221. The summed E-state index contributed by atoms with van der Waals surface area (Å²) in [6.45, 7) is 0.367. The maximum absolute atomic E-state index is 12.4. The predicted octanol–water partition coefficient (Wildman–Crippen LogP) is 2.99. The molecule has 27 heavy (non-hydrogen) atoms. The SMILES string of the molecule is O=C(Cn1cnc2sccc2c1=O)Nc1ccnn1Cc1ccc(Cl)cc1. The van der Waals surface area contributed by atoms with Gasteiger partial charge in [0.05, 0.1) is 24.5 Å². The van der Waals surface area contributed by atoms with E-state index in [-0.39, 0.29) is 18.0 Å². The first-order valence-corrected chi connectivity index (χ1v) is 9.35. The van der Waals surface area contributed by atoms with Crippen molar-refractivity contribution in [1.29, 1.82) is 0 Å². The second-order valence-electron chi connectivity index (χ2n) is 5.87. The standard InChI is InChI=1S/C18H14ClN5O2S/c19-13-3-1-12(2-4-13)9-24-15(5-7-21-24)22-16(25)10-23-11-20-17-14(18(23)26)6-8-27-17/h1-8,11H,9-10H2,(H,22,25). The summed E-state index contributed by atoms with van der Waals surface area (Å²) in [6.07, 6.45) is 3.00. The lowest BCUT2D eigenvalue weighted by atomic mass is 10.2. The number of carbonyl (C=O) groups excluding carboxylic acids is 1. The van der Waals surface area contributed by atoms with E-state index >= 15 is 0 Å². The lowest BCUT2D eigenvalue weighted by Gasteiger charge is -2.10. The highest BCUT2D eigenvalue weighted by Gasteiger charge is 2.11. The van der Waals surface area contributed by atoms with Crippen molar-refractivity contribution in [3.63, 3.8) is 0 Å². The van der Waals surface area contributed by atoms with Crippen LogP contribution in [0.2, 0.25) is 5.02 Å². The van der Waals surface area contributed by atoms with Crippen molar-refractivity contribution in [3.8, 4) is 0 Å². The predicted molar refractivity (Wildman–Crippen MR) is 105 cm³/mol. The maximum atomic E-state index is 12.4. The summed E-state index contributed by atoms with van der Waals surface area (Å²) in [5.41, 5.74) is 0.771. The van der Waals surface area contributed by atoms with Gasteiger partial charge in [0.2, 0.25) is 5.91 Å². The zero-order chi connectivity index (χ0) is 18.8. The molecule has 1 amide bonds. The van der Waals surface area contributed by atoms with Crippen molar-refractivity contribution in [3.05, 3.63) is 75.2 Å². The van der Waals surface area contributed by atoms with Gasteiger partial charge in [0.15, 0.2) is 0 Å². The summed E-state index contributed by atoms with van der Waals surface area (Å²) in [4.78, 5) is 29.7. The summed E-state index contributed by atoms with van der Waals surface area (Å²) in [7, 11) is 0. The molecule has 7 nitrogen and oxygen atoms in total. The molecule has 0 unspecified atom stereocenters. The molecule has 0 radical (unpaired) electrons. The molecular formula is C18H14ClN5O2S. The average molecular weight is 400 g/mol. The van der Waals surface area contributed by atoms with Crippen molar-refractivity contribution in [2.75, 3.05) is 5.32 Å². The molecule has 0 spiro atoms. The molecule has 9 heteroatoms. The molecule has 4 rings (SSSR count). The Balaban J connectivity index is 1.48. The number of halogens is 1. The molecule has 0 fully saturated rings. The number of fused-ring (bicyclic) bond motifs is 1. The van der Waals surface area contributed by atoms with E-state index < -0.39 is 0 Å². The van der Waals surface area contributed by atoms with Gasteiger partial charge < -0.3 is 5.32 Å². The fraction of sp³-hybridized carbons (Fsp3) is 0.111. The molecule has 0 saturated heterocycles. The highest BCUT2D eigenvalue weighted by molar-refractivity contribution is 7.16. The van der Waals surface area contributed by atoms with Gasteiger partial charge in [-0.05, 0) is 29.1 Å². The first kappa shape index (κ1) is 17.4. The molecule has 3 heterocycles. The van der Waals surface area contributed by atoms with Crippen LogP contribution in [0.3, 0.4) is 0 Å². The number of aromatic nitrogens is 4. The van der Waals surface area contributed by atoms with Crippen LogP contribution in [0, 0.1) is 0 Å². The molecule has 4 aromatic rings. The number of benzene rings is 1. The molecule has 136 valence electrons.